The van der Waals surface area contributed by atoms with Crippen LogP contribution in [0, 0.1) is 13.8 Å². The number of hydrogen-bond acceptors (Lipinski definition) is 5. The molecular weight excluding hydrogens is 434 g/mol. The number of amides is 1. The summed E-state index contributed by atoms with van der Waals surface area (Å²) in [5, 5.41) is 0.493. The van der Waals surface area contributed by atoms with Crippen LogP contribution < -0.4 is 9.64 Å². The highest BCUT2D eigenvalue weighted by Gasteiger charge is 2.32. The molecule has 0 N–H and O–H groups in total. The number of hydrogen-bond donors (Lipinski definition) is 0. The van der Waals surface area contributed by atoms with Crippen LogP contribution in [0.1, 0.15) is 27.2 Å². The Hall–Kier alpha value is -3.58. The van der Waals surface area contributed by atoms with E-state index in [2.05, 4.69) is 11.1 Å². The van der Waals surface area contributed by atoms with Crippen LogP contribution in [0.5, 0.6) is 5.75 Å². The third-order valence-corrected chi connectivity index (χ3v) is 6.21. The number of carbonyl (C=O) groups is 2. The number of ether oxygens (including phenoxy) is 1. The number of methoxy groups -OCH3 is 1. The first-order chi connectivity index (χ1) is 15.9. The Balaban J connectivity index is 1.66. The number of rotatable bonds is 6. The Bertz CT molecular complexity index is 1250. The number of carbonyl (C=O) groups excluding carboxylic acids is 2. The molecule has 1 aliphatic rings. The van der Waals surface area contributed by atoms with Crippen molar-refractivity contribution >= 4 is 40.4 Å². The summed E-state index contributed by atoms with van der Waals surface area (Å²) in [4.78, 5) is 32.4. The average Bonchev–Trinajstić information content (AvgIpc) is 3.35. The van der Waals surface area contributed by atoms with Gasteiger partial charge >= 0.3 is 0 Å². The van der Waals surface area contributed by atoms with Crippen LogP contribution in [0.25, 0.3) is 6.08 Å². The number of benzene rings is 2. The Morgan fingerprint density at radius 3 is 2.39 bits per heavy atom. The summed E-state index contributed by atoms with van der Waals surface area (Å²) in [5.41, 5.74) is 4.64. The molecule has 2 heterocycles. The van der Waals surface area contributed by atoms with Gasteiger partial charge in [-0.3, -0.25) is 14.5 Å². The molecule has 4 rings (SSSR count). The van der Waals surface area contributed by atoms with Gasteiger partial charge in [-0.25, -0.2) is 4.99 Å². The van der Waals surface area contributed by atoms with Crippen molar-refractivity contribution in [3.63, 3.8) is 0 Å². The normalized spacial score (nSPS) is 14.7. The van der Waals surface area contributed by atoms with Gasteiger partial charge in [0.15, 0.2) is 11.0 Å². The quantitative estimate of drug-likeness (QED) is 0.384. The summed E-state index contributed by atoms with van der Waals surface area (Å²) in [6.07, 6.45) is 3.59. The van der Waals surface area contributed by atoms with Crippen molar-refractivity contribution in [3.8, 4) is 5.75 Å². The molecule has 0 spiro atoms. The van der Waals surface area contributed by atoms with Crippen LogP contribution in [-0.2, 0) is 11.8 Å². The molecule has 0 aliphatic carbocycles. The molecule has 2 aromatic carbocycles. The maximum atomic E-state index is 13.4. The Morgan fingerprint density at radius 2 is 1.79 bits per heavy atom. The second-order valence-electron chi connectivity index (χ2n) is 7.90. The number of amidine groups is 1. The van der Waals surface area contributed by atoms with E-state index in [4.69, 9.17) is 4.74 Å². The molecule has 0 fully saturated rings. The Kier molecular flexibility index (Phi) is 6.51. The number of aliphatic imine (C=N–C) groups is 1. The van der Waals surface area contributed by atoms with E-state index in [0.29, 0.717) is 16.6 Å². The molecule has 0 atom stereocenters. The monoisotopic (exact) mass is 459 g/mol. The molecule has 1 amide bonds. The lowest BCUT2D eigenvalue weighted by Crippen LogP contribution is -2.31. The number of ketones is 1. The van der Waals surface area contributed by atoms with Crippen molar-refractivity contribution in [2.45, 2.75) is 13.8 Å². The largest absolute Gasteiger partial charge is 0.497 e. The number of nitrogens with zero attached hydrogens (tertiary/aromatic N) is 3. The smallest absolute Gasteiger partial charge is 0.283 e. The highest BCUT2D eigenvalue weighted by Crippen LogP contribution is 2.31. The maximum absolute atomic E-state index is 13.4. The topological polar surface area (TPSA) is 63.9 Å². The van der Waals surface area contributed by atoms with Crippen molar-refractivity contribution in [1.82, 2.24) is 4.57 Å². The molecule has 3 aromatic rings. The van der Waals surface area contributed by atoms with Gasteiger partial charge in [0.05, 0.1) is 24.2 Å². The maximum Gasteiger partial charge on any atom is 0.283 e. The summed E-state index contributed by atoms with van der Waals surface area (Å²) in [7, 11) is 3.45. The zero-order valence-electron chi connectivity index (χ0n) is 19.0. The first-order valence-electron chi connectivity index (χ1n) is 10.5. The van der Waals surface area contributed by atoms with Gasteiger partial charge in [-0.2, -0.15) is 0 Å². The molecule has 33 heavy (non-hydrogen) atoms. The van der Waals surface area contributed by atoms with E-state index in [1.165, 1.54) is 11.8 Å². The van der Waals surface area contributed by atoms with E-state index in [0.717, 1.165) is 28.1 Å². The lowest BCUT2D eigenvalue weighted by molar-refractivity contribution is -0.113. The summed E-state index contributed by atoms with van der Waals surface area (Å²) in [6, 6.07) is 17.0. The third-order valence-electron chi connectivity index (χ3n) is 5.28. The van der Waals surface area contributed by atoms with Gasteiger partial charge in [-0.15, -0.1) is 0 Å². The summed E-state index contributed by atoms with van der Waals surface area (Å²) < 4.78 is 7.00. The van der Waals surface area contributed by atoms with Gasteiger partial charge in [-0.05, 0) is 73.0 Å². The molecule has 7 heteroatoms. The van der Waals surface area contributed by atoms with Crippen LogP contribution in [0.4, 0.5) is 5.69 Å². The second kappa shape index (κ2) is 9.50. The van der Waals surface area contributed by atoms with Crippen LogP contribution in [0.2, 0.25) is 0 Å². The number of aryl methyl sites for hydroxylation is 3. The van der Waals surface area contributed by atoms with Crippen LogP contribution in [-0.4, -0.2) is 34.3 Å². The van der Waals surface area contributed by atoms with Gasteiger partial charge < -0.3 is 9.30 Å². The third kappa shape index (κ3) is 4.93. The molecule has 0 saturated carbocycles. The van der Waals surface area contributed by atoms with E-state index in [1.807, 2.05) is 69.6 Å². The molecule has 168 valence electrons. The molecule has 6 nitrogen and oxygen atoms in total. The first-order valence-corrected chi connectivity index (χ1v) is 11.5. The predicted molar refractivity (Wildman–Crippen MR) is 134 cm³/mol. The number of aromatic nitrogens is 1. The summed E-state index contributed by atoms with van der Waals surface area (Å²) in [6.45, 7) is 3.99. The lowest BCUT2D eigenvalue weighted by Gasteiger charge is -2.19. The van der Waals surface area contributed by atoms with E-state index in [1.54, 1.807) is 28.7 Å². The average molecular weight is 460 g/mol. The summed E-state index contributed by atoms with van der Waals surface area (Å²) in [5.74, 6) is 0.687. The number of thioether (sulfide) groups is 1. The standard InChI is InChI=1S/C26H25N3O3S/c1-17-12-18(2)14-20(13-17)29-25(31)22(15-19-7-9-21(32-4)10-8-19)27-26(29)33-16-24(30)23-6-5-11-28(23)3/h5-15H,16H2,1-4H3/b22-15-. The molecule has 1 aliphatic heterocycles. The van der Waals surface area contributed by atoms with Crippen molar-refractivity contribution < 1.29 is 14.3 Å². The number of anilines is 1. The predicted octanol–water partition coefficient (Wildman–Crippen LogP) is 5.01. The fraction of sp³-hybridized carbons (Fsp3) is 0.192. The van der Waals surface area contributed by atoms with E-state index in [-0.39, 0.29) is 17.4 Å². The highest BCUT2D eigenvalue weighted by molar-refractivity contribution is 8.14. The zero-order chi connectivity index (χ0) is 23.5. The van der Waals surface area contributed by atoms with E-state index in [9.17, 15) is 9.59 Å². The minimum Gasteiger partial charge on any atom is -0.497 e. The highest BCUT2D eigenvalue weighted by atomic mass is 32.2. The fourth-order valence-corrected chi connectivity index (χ4v) is 4.60. The molecule has 1 aromatic heterocycles. The minimum absolute atomic E-state index is 0.0180. The van der Waals surface area contributed by atoms with Gasteiger partial charge in [0, 0.05) is 13.2 Å². The number of Topliss-reactive ketones (excluding diaryl/α,β-unsaturated/α-hetero) is 1. The molecule has 0 bridgehead atoms. The minimum atomic E-state index is -0.218. The lowest BCUT2D eigenvalue weighted by atomic mass is 10.1. The fourth-order valence-electron chi connectivity index (χ4n) is 3.71. The van der Waals surface area contributed by atoms with Crippen LogP contribution in [0.15, 0.2) is 71.5 Å². The van der Waals surface area contributed by atoms with Crippen LogP contribution >= 0.6 is 11.8 Å². The van der Waals surface area contributed by atoms with Gasteiger partial charge in [-0.1, -0.05) is 30.0 Å². The van der Waals surface area contributed by atoms with E-state index >= 15 is 0 Å². The van der Waals surface area contributed by atoms with Crippen molar-refractivity contribution in [3.05, 3.63) is 88.9 Å². The second-order valence-corrected chi connectivity index (χ2v) is 8.84. The van der Waals surface area contributed by atoms with Crippen molar-refractivity contribution in [1.29, 1.82) is 0 Å². The zero-order valence-corrected chi connectivity index (χ0v) is 19.8. The van der Waals surface area contributed by atoms with Crippen molar-refractivity contribution in [2.24, 2.45) is 12.0 Å². The molecule has 0 saturated heterocycles. The molecular formula is C26H25N3O3S. The van der Waals surface area contributed by atoms with Gasteiger partial charge in [0.2, 0.25) is 0 Å². The molecule has 0 radical (unpaired) electrons. The Morgan fingerprint density at radius 1 is 1.09 bits per heavy atom. The molecule has 0 unspecified atom stereocenters. The van der Waals surface area contributed by atoms with Crippen LogP contribution in [0.3, 0.4) is 0 Å². The van der Waals surface area contributed by atoms with Gasteiger partial charge in [0.25, 0.3) is 5.91 Å². The Labute approximate surface area is 197 Å². The van der Waals surface area contributed by atoms with Gasteiger partial charge in [0.1, 0.15) is 11.4 Å². The first kappa shape index (κ1) is 22.6. The van der Waals surface area contributed by atoms with Crippen molar-refractivity contribution in [2.75, 3.05) is 17.8 Å². The van der Waals surface area contributed by atoms with E-state index < -0.39 is 0 Å². The SMILES string of the molecule is COc1ccc(/C=C2\N=C(SCC(=O)c3cccn3C)N(c3cc(C)cc(C)c3)C2=O)cc1. The summed E-state index contributed by atoms with van der Waals surface area (Å²) >= 11 is 1.27.